The molecule has 112 valence electrons. The van der Waals surface area contributed by atoms with Gasteiger partial charge in [-0.3, -0.25) is 4.79 Å². The van der Waals surface area contributed by atoms with Gasteiger partial charge in [0.2, 0.25) is 10.0 Å². The molecule has 1 aromatic heterocycles. The van der Waals surface area contributed by atoms with E-state index in [1.807, 2.05) is 6.07 Å². The van der Waals surface area contributed by atoms with Crippen LogP contribution in [0.4, 0.5) is 0 Å². The highest BCUT2D eigenvalue weighted by molar-refractivity contribution is 9.10. The van der Waals surface area contributed by atoms with Crippen molar-refractivity contribution in [1.29, 1.82) is 0 Å². The second-order valence-electron chi connectivity index (χ2n) is 4.38. The Morgan fingerprint density at radius 1 is 1.29 bits per heavy atom. The average molecular weight is 389 g/mol. The third-order valence-corrected chi connectivity index (χ3v) is 6.17. The highest BCUT2D eigenvalue weighted by atomic mass is 79.9. The van der Waals surface area contributed by atoms with E-state index in [0.717, 1.165) is 16.2 Å². The minimum Gasteiger partial charge on any atom is -0.345 e. The monoisotopic (exact) mass is 388 g/mol. The number of halogens is 1. The summed E-state index contributed by atoms with van der Waals surface area (Å²) < 4.78 is 23.3. The third-order valence-electron chi connectivity index (χ3n) is 2.78. The number of hydrogen-bond acceptors (Lipinski definition) is 4. The van der Waals surface area contributed by atoms with Crippen molar-refractivity contribution in [3.63, 3.8) is 0 Å². The number of carbonyl (C=O) groups excluding carboxylic acids is 1. The van der Waals surface area contributed by atoms with E-state index < -0.39 is 10.0 Å². The Morgan fingerprint density at radius 2 is 1.95 bits per heavy atom. The Balaban J connectivity index is 2.15. The van der Waals surface area contributed by atoms with Gasteiger partial charge in [0.1, 0.15) is 4.21 Å². The number of sulfonamides is 1. The van der Waals surface area contributed by atoms with Crippen LogP contribution < -0.4 is 10.5 Å². The smallest absolute Gasteiger partial charge is 0.252 e. The van der Waals surface area contributed by atoms with Crippen molar-refractivity contribution >= 4 is 43.2 Å². The predicted molar refractivity (Wildman–Crippen MR) is 85.7 cm³/mol. The number of benzene rings is 1. The van der Waals surface area contributed by atoms with Crippen LogP contribution in [0.2, 0.25) is 0 Å². The number of nitrogens with two attached hydrogens (primary N) is 1. The molecule has 1 aromatic carbocycles. The predicted octanol–water partition coefficient (Wildman–Crippen LogP) is 2.65. The van der Waals surface area contributed by atoms with Gasteiger partial charge in [-0.1, -0.05) is 12.1 Å². The number of amides is 1. The van der Waals surface area contributed by atoms with Crippen LogP contribution in [0.5, 0.6) is 0 Å². The van der Waals surface area contributed by atoms with Crippen LogP contribution in [-0.4, -0.2) is 14.3 Å². The Labute approximate surface area is 135 Å². The van der Waals surface area contributed by atoms with Gasteiger partial charge in [-0.25, -0.2) is 13.6 Å². The van der Waals surface area contributed by atoms with E-state index in [1.54, 1.807) is 31.2 Å². The van der Waals surface area contributed by atoms with Gasteiger partial charge >= 0.3 is 0 Å². The maximum Gasteiger partial charge on any atom is 0.252 e. The van der Waals surface area contributed by atoms with Crippen molar-refractivity contribution in [3.05, 3.63) is 51.3 Å². The maximum atomic E-state index is 12.2. The van der Waals surface area contributed by atoms with E-state index in [4.69, 9.17) is 5.14 Å². The summed E-state index contributed by atoms with van der Waals surface area (Å²) in [6.45, 7) is 1.79. The van der Waals surface area contributed by atoms with Crippen molar-refractivity contribution in [1.82, 2.24) is 5.32 Å². The zero-order valence-corrected chi connectivity index (χ0v) is 14.3. The highest BCUT2D eigenvalue weighted by Crippen LogP contribution is 2.26. The first kappa shape index (κ1) is 16.2. The van der Waals surface area contributed by atoms with Gasteiger partial charge in [-0.2, -0.15) is 0 Å². The quantitative estimate of drug-likeness (QED) is 0.843. The van der Waals surface area contributed by atoms with E-state index in [1.165, 1.54) is 6.07 Å². The van der Waals surface area contributed by atoms with E-state index in [9.17, 15) is 13.2 Å². The van der Waals surface area contributed by atoms with E-state index in [0.29, 0.717) is 10.0 Å². The maximum absolute atomic E-state index is 12.2. The molecule has 0 saturated heterocycles. The summed E-state index contributed by atoms with van der Waals surface area (Å²) in [5, 5.41) is 7.90. The number of thiophene rings is 1. The Morgan fingerprint density at radius 3 is 2.52 bits per heavy atom. The van der Waals surface area contributed by atoms with Crippen LogP contribution in [0.3, 0.4) is 0 Å². The van der Waals surface area contributed by atoms with E-state index in [2.05, 4.69) is 21.2 Å². The molecule has 0 radical (unpaired) electrons. The van der Waals surface area contributed by atoms with Gasteiger partial charge in [0, 0.05) is 9.35 Å². The summed E-state index contributed by atoms with van der Waals surface area (Å²) in [6, 6.07) is 9.85. The molecule has 2 aromatic rings. The normalized spacial score (nSPS) is 12.9. The van der Waals surface area contributed by atoms with Crippen molar-refractivity contribution < 1.29 is 13.2 Å². The van der Waals surface area contributed by atoms with Crippen molar-refractivity contribution in [2.45, 2.75) is 17.2 Å². The Kier molecular flexibility index (Phi) is 4.82. The molecule has 0 aliphatic heterocycles. The summed E-state index contributed by atoms with van der Waals surface area (Å²) in [5.74, 6) is -0.236. The zero-order chi connectivity index (χ0) is 15.6. The molecule has 1 atom stereocenters. The van der Waals surface area contributed by atoms with Crippen molar-refractivity contribution in [2.75, 3.05) is 0 Å². The lowest BCUT2D eigenvalue weighted by molar-refractivity contribution is 0.0939. The average Bonchev–Trinajstić information content (AvgIpc) is 2.88. The molecule has 3 N–H and O–H groups in total. The molecule has 0 aliphatic rings. The number of nitrogens with one attached hydrogen (secondary N) is 1. The second kappa shape index (κ2) is 6.27. The number of rotatable bonds is 4. The van der Waals surface area contributed by atoms with Gasteiger partial charge in [0.05, 0.1) is 11.6 Å². The number of primary sulfonamides is 1. The fraction of sp³-hybridized carbons (Fsp3) is 0.154. The Hall–Kier alpha value is -1.22. The van der Waals surface area contributed by atoms with Gasteiger partial charge in [-0.05, 0) is 47.1 Å². The lowest BCUT2D eigenvalue weighted by Crippen LogP contribution is -2.26. The molecule has 0 spiro atoms. The Bertz CT molecular complexity index is 771. The highest BCUT2D eigenvalue weighted by Gasteiger charge is 2.17. The molecular weight excluding hydrogens is 376 g/mol. The molecule has 2 rings (SSSR count). The minimum absolute atomic E-state index is 0.0829. The molecule has 0 saturated carbocycles. The van der Waals surface area contributed by atoms with Gasteiger partial charge in [0.25, 0.3) is 5.91 Å². The van der Waals surface area contributed by atoms with Crippen molar-refractivity contribution in [3.8, 4) is 0 Å². The van der Waals surface area contributed by atoms with E-state index in [-0.39, 0.29) is 16.2 Å². The van der Waals surface area contributed by atoms with Crippen LogP contribution in [0.25, 0.3) is 0 Å². The number of carbonyl (C=O) groups is 1. The SMILES string of the molecule is CC(NC(=O)c1ccccc1Br)c1ccc(S(N)(=O)=O)s1. The topological polar surface area (TPSA) is 89.3 Å². The van der Waals surface area contributed by atoms with Crippen molar-refractivity contribution in [2.24, 2.45) is 5.14 Å². The molecule has 0 bridgehead atoms. The third kappa shape index (κ3) is 3.91. The van der Waals surface area contributed by atoms with Crippen LogP contribution in [0.15, 0.2) is 45.1 Å². The van der Waals surface area contributed by atoms with Gasteiger partial charge in [-0.15, -0.1) is 11.3 Å². The molecule has 8 heteroatoms. The fourth-order valence-corrected chi connectivity index (χ4v) is 3.93. The summed E-state index contributed by atoms with van der Waals surface area (Å²) in [4.78, 5) is 12.9. The fourth-order valence-electron chi connectivity index (χ4n) is 1.71. The second-order valence-corrected chi connectivity index (χ2v) is 8.13. The molecule has 0 fully saturated rings. The summed E-state index contributed by atoms with van der Waals surface area (Å²) in [6.07, 6.45) is 0. The van der Waals surface area contributed by atoms with Gasteiger partial charge in [0.15, 0.2) is 0 Å². The van der Waals surface area contributed by atoms with Crippen LogP contribution >= 0.6 is 27.3 Å². The largest absolute Gasteiger partial charge is 0.345 e. The number of hydrogen-bond donors (Lipinski definition) is 2. The minimum atomic E-state index is -3.70. The molecule has 5 nitrogen and oxygen atoms in total. The first-order valence-electron chi connectivity index (χ1n) is 5.97. The summed E-state index contributed by atoms with van der Waals surface area (Å²) in [5.41, 5.74) is 0.521. The lowest BCUT2D eigenvalue weighted by atomic mass is 10.2. The van der Waals surface area contributed by atoms with E-state index >= 15 is 0 Å². The summed E-state index contributed by atoms with van der Waals surface area (Å²) >= 11 is 4.37. The van der Waals surface area contributed by atoms with Crippen LogP contribution in [0.1, 0.15) is 28.2 Å². The zero-order valence-electron chi connectivity index (χ0n) is 11.0. The van der Waals surface area contributed by atoms with Gasteiger partial charge < -0.3 is 5.32 Å². The molecular formula is C13H13BrN2O3S2. The first-order valence-corrected chi connectivity index (χ1v) is 9.12. The molecule has 1 heterocycles. The summed E-state index contributed by atoms with van der Waals surface area (Å²) in [7, 11) is -3.70. The molecule has 21 heavy (non-hydrogen) atoms. The van der Waals surface area contributed by atoms with Crippen LogP contribution in [0, 0.1) is 0 Å². The molecule has 0 aliphatic carbocycles. The molecule has 1 amide bonds. The first-order chi connectivity index (χ1) is 9.79. The van der Waals surface area contributed by atoms with Crippen LogP contribution in [-0.2, 0) is 10.0 Å². The lowest BCUT2D eigenvalue weighted by Gasteiger charge is -2.13. The molecule has 1 unspecified atom stereocenters. The standard InChI is InChI=1S/C13H13BrN2O3S2/c1-8(11-6-7-12(20-11)21(15,18)19)16-13(17)9-4-2-3-5-10(9)14/h2-8H,1H3,(H,16,17)(H2,15,18,19).